The lowest BCUT2D eigenvalue weighted by Crippen LogP contribution is -2.41. The number of ether oxygens (including phenoxy) is 1. The fraction of sp³-hybridized carbons (Fsp3) is 0.323. The third-order valence-electron chi connectivity index (χ3n) is 7.15. The molecule has 9 nitrogen and oxygen atoms in total. The van der Waals surface area contributed by atoms with Gasteiger partial charge in [0.05, 0.1) is 13.1 Å². The fourth-order valence-corrected chi connectivity index (χ4v) is 4.96. The molecule has 0 N–H and O–H groups in total. The van der Waals surface area contributed by atoms with Crippen molar-refractivity contribution in [2.45, 2.75) is 33.2 Å². The zero-order chi connectivity index (χ0) is 28.1. The number of nitrogens with zero attached hydrogens (tertiary/aromatic N) is 6. The third kappa shape index (κ3) is 6.36. The number of aromatic nitrogens is 4. The van der Waals surface area contributed by atoms with Crippen LogP contribution in [0.2, 0.25) is 0 Å². The summed E-state index contributed by atoms with van der Waals surface area (Å²) in [5, 5.41) is 4.37. The highest BCUT2D eigenvalue weighted by Crippen LogP contribution is 2.29. The first-order valence-electron chi connectivity index (χ1n) is 13.5. The summed E-state index contributed by atoms with van der Waals surface area (Å²) in [7, 11) is 1.77. The second kappa shape index (κ2) is 12.1. The molecule has 2 aromatic heterocycles. The van der Waals surface area contributed by atoms with E-state index in [1.165, 1.54) is 0 Å². The maximum Gasteiger partial charge on any atom is 0.253 e. The number of fused-ring (bicyclic) bond motifs is 3. The number of pyridine rings is 1. The first-order valence-corrected chi connectivity index (χ1v) is 13.5. The molecular weight excluding hydrogens is 504 g/mol. The number of amides is 2. The number of hydrogen-bond acceptors (Lipinski definition) is 6. The highest BCUT2D eigenvalue weighted by Gasteiger charge is 2.19. The van der Waals surface area contributed by atoms with Crippen LogP contribution >= 0.6 is 0 Å². The average Bonchev–Trinajstić information content (AvgIpc) is 3.30. The van der Waals surface area contributed by atoms with E-state index in [4.69, 9.17) is 4.74 Å². The Kier molecular flexibility index (Phi) is 8.19. The van der Waals surface area contributed by atoms with Crippen LogP contribution in [-0.4, -0.2) is 74.7 Å². The number of benzene rings is 2. The predicted molar refractivity (Wildman–Crippen MR) is 152 cm³/mol. The second-order valence-electron chi connectivity index (χ2n) is 10.1. The molecule has 2 bridgehead atoms. The lowest BCUT2D eigenvalue weighted by Gasteiger charge is -2.27. The van der Waals surface area contributed by atoms with Gasteiger partial charge in [0.25, 0.3) is 5.91 Å². The van der Waals surface area contributed by atoms with Crippen molar-refractivity contribution in [1.29, 1.82) is 0 Å². The average molecular weight is 539 g/mol. The number of hydrogen-bond donors (Lipinski definition) is 0. The van der Waals surface area contributed by atoms with Gasteiger partial charge in [-0.25, -0.2) is 9.67 Å². The molecule has 1 aliphatic rings. The van der Waals surface area contributed by atoms with Gasteiger partial charge in [0.15, 0.2) is 0 Å². The van der Waals surface area contributed by atoms with Crippen molar-refractivity contribution in [3.8, 4) is 16.9 Å². The summed E-state index contributed by atoms with van der Waals surface area (Å²) in [6.45, 7) is 5.74. The van der Waals surface area contributed by atoms with E-state index in [0.29, 0.717) is 50.6 Å². The number of carbonyl (C=O) groups is 2. The van der Waals surface area contributed by atoms with Crippen LogP contribution in [0.25, 0.3) is 11.1 Å². The molecule has 0 fully saturated rings. The molecule has 0 atom stereocenters. The van der Waals surface area contributed by atoms with E-state index in [1.54, 1.807) is 27.7 Å². The Morgan fingerprint density at radius 3 is 2.60 bits per heavy atom. The van der Waals surface area contributed by atoms with Crippen molar-refractivity contribution in [3.63, 3.8) is 0 Å². The maximum absolute atomic E-state index is 13.3. The van der Waals surface area contributed by atoms with Gasteiger partial charge < -0.3 is 14.5 Å². The van der Waals surface area contributed by atoms with E-state index in [2.05, 4.69) is 21.1 Å². The van der Waals surface area contributed by atoms with Crippen LogP contribution in [0, 0.1) is 13.8 Å². The first kappa shape index (κ1) is 27.1. The van der Waals surface area contributed by atoms with Crippen LogP contribution in [0.5, 0.6) is 5.75 Å². The van der Waals surface area contributed by atoms with Gasteiger partial charge in [0.1, 0.15) is 24.0 Å². The molecule has 0 aliphatic carbocycles. The van der Waals surface area contributed by atoms with Gasteiger partial charge >= 0.3 is 0 Å². The largest absolute Gasteiger partial charge is 0.491 e. The van der Waals surface area contributed by atoms with Gasteiger partial charge in [0, 0.05) is 56.5 Å². The maximum atomic E-state index is 13.3. The normalized spacial score (nSPS) is 14.3. The van der Waals surface area contributed by atoms with Crippen LogP contribution in [0.3, 0.4) is 0 Å². The van der Waals surface area contributed by atoms with Gasteiger partial charge in [-0.2, -0.15) is 5.10 Å². The molecule has 9 heteroatoms. The van der Waals surface area contributed by atoms with Gasteiger partial charge in [0.2, 0.25) is 5.91 Å². The monoisotopic (exact) mass is 538 g/mol. The molecule has 40 heavy (non-hydrogen) atoms. The van der Waals surface area contributed by atoms with Crippen LogP contribution in [0.15, 0.2) is 67.0 Å². The Hall–Kier alpha value is -4.53. The summed E-state index contributed by atoms with van der Waals surface area (Å²) in [4.78, 5) is 38.6. The SMILES string of the molecule is Cc1nc(C)n(CCC(=O)N2CCOc3ccc(-c4cccnc4)cc3Cc3cccc(c3)C(=O)N(C)CC2)n1. The lowest BCUT2D eigenvalue weighted by molar-refractivity contribution is -0.132. The fourth-order valence-electron chi connectivity index (χ4n) is 4.96. The van der Waals surface area contributed by atoms with Crippen molar-refractivity contribution >= 4 is 11.8 Å². The van der Waals surface area contributed by atoms with Gasteiger partial charge in [-0.15, -0.1) is 0 Å². The molecule has 5 rings (SSSR count). The minimum Gasteiger partial charge on any atom is -0.491 e. The molecule has 0 saturated heterocycles. The summed E-state index contributed by atoms with van der Waals surface area (Å²) in [5.74, 6) is 2.15. The predicted octanol–water partition coefficient (Wildman–Crippen LogP) is 3.93. The number of aryl methyl sites for hydroxylation is 3. The molecule has 3 heterocycles. The van der Waals surface area contributed by atoms with E-state index < -0.39 is 0 Å². The highest BCUT2D eigenvalue weighted by atomic mass is 16.5. The minimum absolute atomic E-state index is 0.0155. The van der Waals surface area contributed by atoms with E-state index in [9.17, 15) is 9.59 Å². The standard InChI is InChI=1S/C31H34N6O3/c1-22-33-23(2)37(34-22)13-11-30(38)36-15-14-35(3)31(39)26-7-4-6-24(18-26)19-28-20-25(27-8-5-12-32-21-27)9-10-29(28)40-17-16-36/h4-10,12,18,20-21H,11,13-17,19H2,1-3H3. The van der Waals surface area contributed by atoms with Crippen molar-refractivity contribution in [1.82, 2.24) is 29.5 Å². The minimum atomic E-state index is -0.0689. The molecular formula is C31H34N6O3. The molecule has 206 valence electrons. The van der Waals surface area contributed by atoms with E-state index in [-0.39, 0.29) is 18.2 Å². The van der Waals surface area contributed by atoms with Crippen molar-refractivity contribution in [3.05, 3.63) is 95.3 Å². The smallest absolute Gasteiger partial charge is 0.253 e. The Bertz CT molecular complexity index is 1500. The lowest BCUT2D eigenvalue weighted by atomic mass is 9.98. The summed E-state index contributed by atoms with van der Waals surface area (Å²) in [6.07, 6.45) is 4.49. The van der Waals surface area contributed by atoms with Gasteiger partial charge in [-0.1, -0.05) is 24.3 Å². The molecule has 0 radical (unpaired) electrons. The molecule has 4 aromatic rings. The van der Waals surface area contributed by atoms with Crippen molar-refractivity contribution in [2.24, 2.45) is 0 Å². The highest BCUT2D eigenvalue weighted by molar-refractivity contribution is 5.94. The van der Waals surface area contributed by atoms with Gasteiger partial charge in [-0.05, 0) is 60.9 Å². The molecule has 0 saturated carbocycles. The Balaban J connectivity index is 1.41. The summed E-state index contributed by atoms with van der Waals surface area (Å²) in [5.41, 5.74) is 4.72. The summed E-state index contributed by atoms with van der Waals surface area (Å²) < 4.78 is 8.05. The molecule has 0 spiro atoms. The van der Waals surface area contributed by atoms with Crippen LogP contribution in [0.4, 0.5) is 0 Å². The van der Waals surface area contributed by atoms with Crippen LogP contribution in [0.1, 0.15) is 39.6 Å². The topological polar surface area (TPSA) is 93.4 Å². The van der Waals surface area contributed by atoms with E-state index in [1.807, 2.05) is 68.6 Å². The van der Waals surface area contributed by atoms with Crippen molar-refractivity contribution in [2.75, 3.05) is 33.3 Å². The first-order chi connectivity index (χ1) is 19.4. The second-order valence-corrected chi connectivity index (χ2v) is 10.1. The molecule has 2 aromatic carbocycles. The number of likely N-dealkylation sites (N-methyl/N-ethyl adjacent to an activating group) is 1. The van der Waals surface area contributed by atoms with E-state index in [0.717, 1.165) is 33.8 Å². The third-order valence-corrected chi connectivity index (χ3v) is 7.15. The Labute approximate surface area is 234 Å². The summed E-state index contributed by atoms with van der Waals surface area (Å²) >= 11 is 0. The Morgan fingerprint density at radius 1 is 0.975 bits per heavy atom. The molecule has 1 aliphatic heterocycles. The zero-order valence-corrected chi connectivity index (χ0v) is 23.2. The van der Waals surface area contributed by atoms with Crippen LogP contribution < -0.4 is 4.74 Å². The van der Waals surface area contributed by atoms with Crippen molar-refractivity contribution < 1.29 is 14.3 Å². The van der Waals surface area contributed by atoms with Gasteiger partial charge in [-0.3, -0.25) is 14.6 Å². The number of carbonyl (C=O) groups excluding carboxylic acids is 2. The summed E-state index contributed by atoms with van der Waals surface area (Å²) in [6, 6.07) is 17.8. The zero-order valence-electron chi connectivity index (χ0n) is 23.2. The Morgan fingerprint density at radius 2 is 1.82 bits per heavy atom. The molecule has 0 unspecified atom stereocenters. The quantitative estimate of drug-likeness (QED) is 0.391. The van der Waals surface area contributed by atoms with Crippen LogP contribution in [-0.2, 0) is 17.8 Å². The molecule has 2 amide bonds. The number of rotatable bonds is 4. The van der Waals surface area contributed by atoms with E-state index >= 15 is 0 Å².